The van der Waals surface area contributed by atoms with Crippen molar-refractivity contribution in [3.05, 3.63) is 59.4 Å². The molecule has 0 saturated heterocycles. The van der Waals surface area contributed by atoms with Crippen LogP contribution >= 0.6 is 0 Å². The Bertz CT molecular complexity index is 1130. The van der Waals surface area contributed by atoms with Crippen LogP contribution in [-0.4, -0.2) is 47.0 Å². The number of benzene rings is 1. The van der Waals surface area contributed by atoms with E-state index in [0.717, 1.165) is 45.9 Å². The Balaban J connectivity index is 0.000000427. The molecule has 0 fully saturated rings. The number of fused-ring (bicyclic) bond motifs is 1. The SMILES string of the molecule is CNc1ccc(-c2cc(-c3cc4c([nH]3)CCNC4=O)ccn2)cc1CO.O=CC(F)(F)F. The molecule has 2 aromatic heterocycles. The third-order valence-electron chi connectivity index (χ3n) is 4.85. The number of carbonyl (C=O) groups excluding carboxylic acids is 2. The van der Waals surface area contributed by atoms with Crippen LogP contribution in [0.2, 0.25) is 0 Å². The third kappa shape index (κ3) is 5.33. The molecule has 168 valence electrons. The van der Waals surface area contributed by atoms with Gasteiger partial charge in [-0.25, -0.2) is 0 Å². The zero-order valence-electron chi connectivity index (χ0n) is 17.1. The number of aliphatic hydroxyl groups is 1. The lowest BCUT2D eigenvalue weighted by molar-refractivity contribution is -0.156. The molecule has 0 atom stereocenters. The van der Waals surface area contributed by atoms with Crippen molar-refractivity contribution in [3.8, 4) is 22.5 Å². The first-order chi connectivity index (χ1) is 15.3. The molecule has 1 amide bonds. The highest BCUT2D eigenvalue weighted by atomic mass is 19.4. The lowest BCUT2D eigenvalue weighted by atomic mass is 10.0. The second-order valence-corrected chi connectivity index (χ2v) is 6.95. The number of aromatic nitrogens is 2. The number of carbonyl (C=O) groups is 2. The first-order valence-corrected chi connectivity index (χ1v) is 9.67. The summed E-state index contributed by atoms with van der Waals surface area (Å²) >= 11 is 0. The molecule has 4 N–H and O–H groups in total. The number of pyridine rings is 1. The maximum atomic E-state index is 12.0. The molecular formula is C22H21F3N4O3. The molecule has 7 nitrogen and oxygen atoms in total. The van der Waals surface area contributed by atoms with Crippen molar-refractivity contribution in [1.29, 1.82) is 0 Å². The Labute approximate surface area is 181 Å². The quantitative estimate of drug-likeness (QED) is 0.460. The summed E-state index contributed by atoms with van der Waals surface area (Å²) in [6.07, 6.45) is -3.13. The predicted octanol–water partition coefficient (Wildman–Crippen LogP) is 3.31. The lowest BCUT2D eigenvalue weighted by Gasteiger charge is -2.11. The summed E-state index contributed by atoms with van der Waals surface area (Å²) in [5, 5.41) is 15.5. The van der Waals surface area contributed by atoms with Crippen molar-refractivity contribution in [2.24, 2.45) is 0 Å². The van der Waals surface area contributed by atoms with Gasteiger partial charge < -0.3 is 20.7 Å². The van der Waals surface area contributed by atoms with Crippen LogP contribution in [0.15, 0.2) is 42.6 Å². The van der Waals surface area contributed by atoms with Crippen molar-refractivity contribution < 1.29 is 27.9 Å². The second-order valence-electron chi connectivity index (χ2n) is 6.95. The van der Waals surface area contributed by atoms with E-state index >= 15 is 0 Å². The number of nitrogens with one attached hydrogen (secondary N) is 3. The predicted molar refractivity (Wildman–Crippen MR) is 113 cm³/mol. The van der Waals surface area contributed by atoms with E-state index in [9.17, 15) is 23.1 Å². The van der Waals surface area contributed by atoms with Crippen molar-refractivity contribution in [1.82, 2.24) is 15.3 Å². The van der Waals surface area contributed by atoms with Gasteiger partial charge in [-0.05, 0) is 30.3 Å². The van der Waals surface area contributed by atoms with Gasteiger partial charge in [0.1, 0.15) is 0 Å². The van der Waals surface area contributed by atoms with Gasteiger partial charge in [0.15, 0.2) is 0 Å². The maximum Gasteiger partial charge on any atom is 0.446 e. The fourth-order valence-corrected chi connectivity index (χ4v) is 3.33. The number of amides is 1. The van der Waals surface area contributed by atoms with Crippen molar-refractivity contribution >= 4 is 17.9 Å². The number of hydrogen-bond donors (Lipinski definition) is 4. The number of halogens is 3. The van der Waals surface area contributed by atoms with Gasteiger partial charge >= 0.3 is 6.18 Å². The minimum Gasteiger partial charge on any atom is -0.392 e. The molecule has 3 heterocycles. The zero-order chi connectivity index (χ0) is 23.3. The molecule has 0 bridgehead atoms. The summed E-state index contributed by atoms with van der Waals surface area (Å²) in [7, 11) is 1.83. The molecule has 3 aromatic rings. The van der Waals surface area contributed by atoms with E-state index < -0.39 is 12.5 Å². The monoisotopic (exact) mass is 446 g/mol. The number of H-pyrrole nitrogens is 1. The van der Waals surface area contributed by atoms with Crippen LogP contribution in [-0.2, 0) is 17.8 Å². The van der Waals surface area contributed by atoms with Gasteiger partial charge in [0.05, 0.1) is 17.9 Å². The second kappa shape index (κ2) is 9.65. The van der Waals surface area contributed by atoms with E-state index in [1.54, 1.807) is 6.20 Å². The molecule has 4 rings (SSSR count). The van der Waals surface area contributed by atoms with Gasteiger partial charge in [0.25, 0.3) is 5.91 Å². The molecule has 0 unspecified atom stereocenters. The van der Waals surface area contributed by atoms with Gasteiger partial charge in [0, 0.05) is 60.0 Å². The largest absolute Gasteiger partial charge is 0.446 e. The standard InChI is InChI=1S/C20H20N4O2.C2HF3O/c1-21-16-3-2-12(8-14(16)11-25)18-9-13(4-6-22-18)19-10-15-17(24-19)5-7-23-20(15)26;3-2(4,5)1-6/h2-4,6,8-10,21,24-25H,5,7,11H2,1H3,(H,23,26);1H. The van der Waals surface area contributed by atoms with Crippen LogP contribution in [0.5, 0.6) is 0 Å². The minimum atomic E-state index is -4.64. The Morgan fingerprint density at radius 3 is 2.56 bits per heavy atom. The first-order valence-electron chi connectivity index (χ1n) is 9.67. The Kier molecular flexibility index (Phi) is 6.94. The van der Waals surface area contributed by atoms with Crippen molar-refractivity contribution in [2.75, 3.05) is 18.9 Å². The molecule has 10 heteroatoms. The number of alkyl halides is 3. The van der Waals surface area contributed by atoms with Crippen LogP contribution in [0.25, 0.3) is 22.5 Å². The molecule has 0 saturated carbocycles. The summed E-state index contributed by atoms with van der Waals surface area (Å²) in [6, 6.07) is 11.7. The third-order valence-corrected chi connectivity index (χ3v) is 4.85. The van der Waals surface area contributed by atoms with Crippen molar-refractivity contribution in [2.45, 2.75) is 19.2 Å². The number of aliphatic hydroxyl groups excluding tert-OH is 1. The summed E-state index contributed by atoms with van der Waals surface area (Å²) in [4.78, 5) is 28.5. The number of hydrogen-bond acceptors (Lipinski definition) is 5. The van der Waals surface area contributed by atoms with Gasteiger partial charge in [-0.2, -0.15) is 13.2 Å². The molecule has 1 aliphatic heterocycles. The Morgan fingerprint density at radius 2 is 1.94 bits per heavy atom. The highest BCUT2D eigenvalue weighted by Gasteiger charge is 2.25. The number of nitrogens with zero attached hydrogens (tertiary/aromatic N) is 1. The lowest BCUT2D eigenvalue weighted by Crippen LogP contribution is -2.31. The topological polar surface area (TPSA) is 107 Å². The average molecular weight is 446 g/mol. The van der Waals surface area contributed by atoms with Crippen LogP contribution in [0.3, 0.4) is 0 Å². The fraction of sp³-hybridized carbons (Fsp3) is 0.227. The van der Waals surface area contributed by atoms with E-state index in [1.165, 1.54) is 0 Å². The minimum absolute atomic E-state index is 0.0294. The van der Waals surface area contributed by atoms with Crippen LogP contribution in [0.1, 0.15) is 21.6 Å². The van der Waals surface area contributed by atoms with Crippen molar-refractivity contribution in [3.63, 3.8) is 0 Å². The zero-order valence-corrected chi connectivity index (χ0v) is 17.1. The maximum absolute atomic E-state index is 12.0. The van der Waals surface area contributed by atoms with Gasteiger partial charge in [0.2, 0.25) is 6.29 Å². The molecule has 32 heavy (non-hydrogen) atoms. The number of aldehydes is 1. The highest BCUT2D eigenvalue weighted by molar-refractivity contribution is 5.97. The van der Waals surface area contributed by atoms with Crippen LogP contribution in [0, 0.1) is 0 Å². The fourth-order valence-electron chi connectivity index (χ4n) is 3.33. The summed E-state index contributed by atoms with van der Waals surface area (Å²) in [5.74, 6) is -0.0294. The van der Waals surface area contributed by atoms with Crippen LogP contribution in [0.4, 0.5) is 18.9 Å². The van der Waals surface area contributed by atoms with Gasteiger partial charge in [-0.1, -0.05) is 6.07 Å². The average Bonchev–Trinajstić information content (AvgIpc) is 3.24. The van der Waals surface area contributed by atoms with E-state index in [-0.39, 0.29) is 12.5 Å². The molecule has 1 aromatic carbocycles. The smallest absolute Gasteiger partial charge is 0.392 e. The Hall–Kier alpha value is -3.66. The Morgan fingerprint density at radius 1 is 1.19 bits per heavy atom. The summed E-state index contributed by atoms with van der Waals surface area (Å²) in [6.45, 7) is 0.622. The normalized spacial score (nSPS) is 12.8. The van der Waals surface area contributed by atoms with Crippen LogP contribution < -0.4 is 10.6 Å². The number of rotatable bonds is 4. The molecule has 0 aliphatic carbocycles. The summed E-state index contributed by atoms with van der Waals surface area (Å²) < 4.78 is 31.2. The highest BCUT2D eigenvalue weighted by Crippen LogP contribution is 2.29. The van der Waals surface area contributed by atoms with E-state index in [2.05, 4.69) is 20.6 Å². The molecule has 0 radical (unpaired) electrons. The first kappa shape index (κ1) is 23.0. The van der Waals surface area contributed by atoms with E-state index in [4.69, 9.17) is 4.79 Å². The molecule has 1 aliphatic rings. The molecule has 0 spiro atoms. The molecular weight excluding hydrogens is 425 g/mol. The number of aromatic amines is 1. The number of anilines is 1. The summed E-state index contributed by atoms with van der Waals surface area (Å²) in [5.41, 5.74) is 7.04. The van der Waals surface area contributed by atoms with Gasteiger partial charge in [-0.15, -0.1) is 0 Å². The van der Waals surface area contributed by atoms with Gasteiger partial charge in [-0.3, -0.25) is 14.6 Å². The van der Waals surface area contributed by atoms with E-state index in [0.29, 0.717) is 12.1 Å². The van der Waals surface area contributed by atoms with E-state index in [1.807, 2.05) is 43.4 Å².